The number of pyridine rings is 1. The van der Waals surface area contributed by atoms with Gasteiger partial charge in [0.15, 0.2) is 0 Å². The minimum absolute atomic E-state index is 0.0266. The number of nitriles is 1. The molecule has 9 nitrogen and oxygen atoms in total. The van der Waals surface area contributed by atoms with E-state index in [0.717, 1.165) is 10.8 Å². The molecule has 1 amide bonds. The number of halogens is 1. The lowest BCUT2D eigenvalue weighted by Crippen LogP contribution is -2.34. The van der Waals surface area contributed by atoms with Gasteiger partial charge in [-0.3, -0.25) is 4.79 Å². The molecule has 3 aromatic heterocycles. The van der Waals surface area contributed by atoms with Gasteiger partial charge in [-0.1, -0.05) is 11.6 Å². The van der Waals surface area contributed by atoms with E-state index in [1.54, 1.807) is 18.2 Å². The highest BCUT2D eigenvalue weighted by atomic mass is 35.5. The Kier molecular flexibility index (Phi) is 4.15. The predicted molar refractivity (Wildman–Crippen MR) is 109 cm³/mol. The summed E-state index contributed by atoms with van der Waals surface area (Å²) in [5.74, 6) is 0.286. The molecule has 0 spiro atoms. The van der Waals surface area contributed by atoms with Crippen LogP contribution in [0.5, 0.6) is 11.8 Å². The molecule has 1 aliphatic heterocycles. The molecule has 0 bridgehead atoms. The highest BCUT2D eigenvalue weighted by molar-refractivity contribution is 6.29. The fourth-order valence-corrected chi connectivity index (χ4v) is 3.54. The summed E-state index contributed by atoms with van der Waals surface area (Å²) in [5.41, 5.74) is 1.87. The number of carbonyl (C=O) groups excluding carboxylic acids is 1. The monoisotopic (exact) mass is 420 g/mol. The molecule has 148 valence electrons. The van der Waals surface area contributed by atoms with Crippen molar-refractivity contribution in [2.75, 3.05) is 11.9 Å². The first kappa shape index (κ1) is 18.1. The van der Waals surface area contributed by atoms with Crippen molar-refractivity contribution in [2.45, 2.75) is 13.0 Å². The molecule has 0 saturated heterocycles. The fraction of sp³-hybridized carbons (Fsp3) is 0.150. The predicted octanol–water partition coefficient (Wildman–Crippen LogP) is 3.63. The zero-order valence-corrected chi connectivity index (χ0v) is 16.3. The van der Waals surface area contributed by atoms with E-state index in [1.165, 1.54) is 6.07 Å². The smallest absolute Gasteiger partial charge is 0.289 e. The Labute approximate surface area is 174 Å². The maximum absolute atomic E-state index is 12.4. The molecule has 5 rings (SSSR count). The molecule has 1 aromatic carbocycles. The lowest BCUT2D eigenvalue weighted by atomic mass is 10.1. The molecular weight excluding hydrogens is 408 g/mol. The zero-order chi connectivity index (χ0) is 20.8. The molecule has 0 aliphatic carbocycles. The molecule has 0 radical (unpaired) electrons. The highest BCUT2D eigenvalue weighted by Crippen LogP contribution is 2.37. The van der Waals surface area contributed by atoms with E-state index >= 15 is 0 Å². The molecule has 1 aliphatic rings. The average Bonchev–Trinajstić information content (AvgIpc) is 3.04. The van der Waals surface area contributed by atoms with Crippen molar-refractivity contribution < 1.29 is 13.9 Å². The lowest BCUT2D eigenvalue weighted by molar-refractivity contribution is 0.0920. The summed E-state index contributed by atoms with van der Waals surface area (Å²) in [6.07, 6.45) is 0. The molecule has 0 fully saturated rings. The molecule has 0 saturated carbocycles. The molecule has 1 atom stereocenters. The van der Waals surface area contributed by atoms with Crippen molar-refractivity contribution in [2.24, 2.45) is 0 Å². The van der Waals surface area contributed by atoms with Crippen molar-refractivity contribution >= 4 is 45.1 Å². The van der Waals surface area contributed by atoms with Crippen molar-refractivity contribution in [3.63, 3.8) is 0 Å². The SMILES string of the molecule is CC1CNc2c(oc3ccc4nc(Oc5cc(Cl)nc(C#N)n5)ccc4c23)C(=O)N1. The number of benzene rings is 1. The Bertz CT molecular complexity index is 1380. The second kappa shape index (κ2) is 6.86. The van der Waals surface area contributed by atoms with Crippen LogP contribution in [0.1, 0.15) is 23.3 Å². The van der Waals surface area contributed by atoms with Gasteiger partial charge in [-0.05, 0) is 25.1 Å². The average molecular weight is 421 g/mol. The molecule has 4 heterocycles. The largest absolute Gasteiger partial charge is 0.449 e. The number of ether oxygens (including phenoxy) is 1. The standard InChI is InChI=1S/C20H13ClN6O3/c1-9-8-23-18-17-10-2-5-15(30-16-6-13(21)26-14(7-22)27-16)25-11(10)3-4-12(17)29-19(18)20(28)24-9/h2-6,9,23H,8H2,1H3,(H,24,28). The van der Waals surface area contributed by atoms with Crippen LogP contribution in [0.2, 0.25) is 5.15 Å². The third kappa shape index (κ3) is 3.03. The van der Waals surface area contributed by atoms with Gasteiger partial charge in [-0.2, -0.15) is 10.2 Å². The summed E-state index contributed by atoms with van der Waals surface area (Å²) in [5, 5.41) is 16.8. The van der Waals surface area contributed by atoms with Crippen LogP contribution in [-0.4, -0.2) is 33.4 Å². The molecule has 4 aromatic rings. The van der Waals surface area contributed by atoms with Crippen LogP contribution in [0.25, 0.3) is 21.9 Å². The summed E-state index contributed by atoms with van der Waals surface area (Å²) >= 11 is 5.89. The zero-order valence-electron chi connectivity index (χ0n) is 15.6. The maximum atomic E-state index is 12.4. The number of rotatable bonds is 2. The van der Waals surface area contributed by atoms with E-state index in [1.807, 2.05) is 19.1 Å². The number of furan rings is 1. The minimum Gasteiger partial charge on any atom is -0.449 e. The Morgan fingerprint density at radius 1 is 1.23 bits per heavy atom. The van der Waals surface area contributed by atoms with Gasteiger partial charge in [0.25, 0.3) is 5.91 Å². The summed E-state index contributed by atoms with van der Waals surface area (Å²) in [6.45, 7) is 2.49. The summed E-state index contributed by atoms with van der Waals surface area (Å²) in [7, 11) is 0. The first-order valence-corrected chi connectivity index (χ1v) is 9.43. The third-order valence-corrected chi connectivity index (χ3v) is 4.84. The second-order valence-electron chi connectivity index (χ2n) is 6.78. The number of anilines is 1. The number of nitrogens with one attached hydrogen (secondary N) is 2. The van der Waals surface area contributed by atoms with Crippen LogP contribution < -0.4 is 15.4 Å². The fourth-order valence-electron chi connectivity index (χ4n) is 3.37. The van der Waals surface area contributed by atoms with Crippen LogP contribution in [-0.2, 0) is 0 Å². The van der Waals surface area contributed by atoms with E-state index in [-0.39, 0.29) is 40.4 Å². The molecule has 2 N–H and O–H groups in total. The molecular formula is C20H13ClN6O3. The maximum Gasteiger partial charge on any atom is 0.289 e. The number of nitrogens with zero attached hydrogens (tertiary/aromatic N) is 4. The number of amides is 1. The van der Waals surface area contributed by atoms with Crippen molar-refractivity contribution in [1.82, 2.24) is 20.3 Å². The van der Waals surface area contributed by atoms with E-state index in [2.05, 4.69) is 25.6 Å². The Hall–Kier alpha value is -3.90. The van der Waals surface area contributed by atoms with Crippen LogP contribution in [0.3, 0.4) is 0 Å². The van der Waals surface area contributed by atoms with Crippen molar-refractivity contribution in [3.8, 4) is 17.8 Å². The number of hydrogen-bond donors (Lipinski definition) is 2. The van der Waals surface area contributed by atoms with Gasteiger partial charge in [0, 0.05) is 30.1 Å². The number of fused-ring (bicyclic) bond motifs is 5. The Morgan fingerprint density at radius 3 is 2.93 bits per heavy atom. The van der Waals surface area contributed by atoms with Crippen molar-refractivity contribution in [3.05, 3.63) is 47.1 Å². The van der Waals surface area contributed by atoms with Crippen LogP contribution in [0.15, 0.2) is 34.7 Å². The Morgan fingerprint density at radius 2 is 2.10 bits per heavy atom. The van der Waals surface area contributed by atoms with Crippen molar-refractivity contribution in [1.29, 1.82) is 5.26 Å². The highest BCUT2D eigenvalue weighted by Gasteiger charge is 2.26. The summed E-state index contributed by atoms with van der Waals surface area (Å²) in [6, 6.07) is 10.2. The van der Waals surface area contributed by atoms with Gasteiger partial charge in [-0.15, -0.1) is 0 Å². The van der Waals surface area contributed by atoms with Crippen LogP contribution >= 0.6 is 11.6 Å². The van der Waals surface area contributed by atoms with Gasteiger partial charge in [0.05, 0.1) is 16.6 Å². The third-order valence-electron chi connectivity index (χ3n) is 4.65. The topological polar surface area (TPSA) is 126 Å². The number of aromatic nitrogens is 3. The first-order chi connectivity index (χ1) is 14.5. The van der Waals surface area contributed by atoms with E-state index in [0.29, 0.717) is 23.3 Å². The number of carbonyl (C=O) groups is 1. The number of hydrogen-bond acceptors (Lipinski definition) is 8. The first-order valence-electron chi connectivity index (χ1n) is 9.05. The minimum atomic E-state index is -0.256. The second-order valence-corrected chi connectivity index (χ2v) is 7.17. The van der Waals surface area contributed by atoms with Gasteiger partial charge in [0.2, 0.25) is 23.3 Å². The summed E-state index contributed by atoms with van der Waals surface area (Å²) in [4.78, 5) is 24.7. The van der Waals surface area contributed by atoms with Gasteiger partial charge in [0.1, 0.15) is 16.8 Å². The van der Waals surface area contributed by atoms with E-state index in [4.69, 9.17) is 26.0 Å². The van der Waals surface area contributed by atoms with E-state index in [9.17, 15) is 4.79 Å². The van der Waals surface area contributed by atoms with E-state index < -0.39 is 0 Å². The van der Waals surface area contributed by atoms with Crippen LogP contribution in [0, 0.1) is 11.3 Å². The molecule has 10 heteroatoms. The lowest BCUT2D eigenvalue weighted by Gasteiger charge is -2.09. The van der Waals surface area contributed by atoms with Gasteiger partial charge < -0.3 is 19.8 Å². The van der Waals surface area contributed by atoms with Crippen LogP contribution in [0.4, 0.5) is 5.69 Å². The normalized spacial score (nSPS) is 15.8. The quantitative estimate of drug-likeness (QED) is 0.471. The summed E-state index contributed by atoms with van der Waals surface area (Å²) < 4.78 is 11.5. The Balaban J connectivity index is 1.59. The molecule has 1 unspecified atom stereocenters. The van der Waals surface area contributed by atoms with Gasteiger partial charge >= 0.3 is 0 Å². The van der Waals surface area contributed by atoms with Gasteiger partial charge in [-0.25, -0.2) is 9.97 Å². The molecule has 30 heavy (non-hydrogen) atoms.